The molecular formula is C21H19BrN6O2. The lowest BCUT2D eigenvalue weighted by Gasteiger charge is -2.36. The molecule has 0 saturated carbocycles. The zero-order valence-electron chi connectivity index (χ0n) is 16.2. The van der Waals surface area contributed by atoms with Crippen LogP contribution in [0.2, 0.25) is 0 Å². The SMILES string of the molecule is CN1C(=O)NC(=O)C2C1N=C(Cc1nc3ccc(Br)cc3[nH]1)N2Cc1ccccc1. The molecule has 2 unspecified atom stereocenters. The second-order valence-electron chi connectivity index (χ2n) is 7.44. The molecule has 1 aromatic heterocycles. The van der Waals surface area contributed by atoms with Crippen LogP contribution in [-0.2, 0) is 17.8 Å². The maximum absolute atomic E-state index is 12.7. The van der Waals surface area contributed by atoms with Crippen LogP contribution in [0.3, 0.4) is 0 Å². The lowest BCUT2D eigenvalue weighted by atomic mass is 10.1. The van der Waals surface area contributed by atoms with Gasteiger partial charge in [-0.3, -0.25) is 10.1 Å². The van der Waals surface area contributed by atoms with E-state index in [9.17, 15) is 9.59 Å². The molecule has 2 aliphatic heterocycles. The molecule has 3 amide bonds. The van der Waals surface area contributed by atoms with Crippen molar-refractivity contribution in [3.8, 4) is 0 Å². The minimum atomic E-state index is -0.568. The molecule has 2 aliphatic rings. The first-order valence-electron chi connectivity index (χ1n) is 9.58. The van der Waals surface area contributed by atoms with E-state index in [4.69, 9.17) is 4.99 Å². The van der Waals surface area contributed by atoms with Gasteiger partial charge in [0.15, 0.2) is 12.2 Å². The Morgan fingerprint density at radius 3 is 2.73 bits per heavy atom. The maximum atomic E-state index is 12.7. The lowest BCUT2D eigenvalue weighted by Crippen LogP contribution is -2.63. The van der Waals surface area contributed by atoms with E-state index in [1.165, 1.54) is 4.90 Å². The van der Waals surface area contributed by atoms with Crippen molar-refractivity contribution in [3.63, 3.8) is 0 Å². The topological polar surface area (TPSA) is 93.7 Å². The molecule has 3 heterocycles. The summed E-state index contributed by atoms with van der Waals surface area (Å²) >= 11 is 3.48. The number of halogens is 1. The van der Waals surface area contributed by atoms with E-state index in [1.807, 2.05) is 53.4 Å². The number of fused-ring (bicyclic) bond motifs is 2. The second kappa shape index (κ2) is 7.24. The van der Waals surface area contributed by atoms with Crippen LogP contribution in [0.4, 0.5) is 4.79 Å². The summed E-state index contributed by atoms with van der Waals surface area (Å²) in [6.45, 7) is 0.516. The van der Waals surface area contributed by atoms with Crippen LogP contribution in [0.25, 0.3) is 11.0 Å². The van der Waals surface area contributed by atoms with E-state index in [1.54, 1.807) is 7.05 Å². The van der Waals surface area contributed by atoms with Crippen molar-refractivity contribution in [1.29, 1.82) is 0 Å². The van der Waals surface area contributed by atoms with Crippen molar-refractivity contribution in [1.82, 2.24) is 25.1 Å². The summed E-state index contributed by atoms with van der Waals surface area (Å²) in [5.41, 5.74) is 2.85. The van der Waals surface area contributed by atoms with E-state index in [-0.39, 0.29) is 5.91 Å². The molecule has 9 heteroatoms. The number of carbonyl (C=O) groups is 2. The normalized spacial score (nSPS) is 21.1. The van der Waals surface area contributed by atoms with Gasteiger partial charge in [-0.1, -0.05) is 46.3 Å². The van der Waals surface area contributed by atoms with Crippen LogP contribution in [0.15, 0.2) is 58.0 Å². The van der Waals surface area contributed by atoms with Crippen molar-refractivity contribution >= 4 is 44.7 Å². The van der Waals surface area contributed by atoms with Crippen LogP contribution in [0.5, 0.6) is 0 Å². The number of hydrogen-bond acceptors (Lipinski definition) is 5. The van der Waals surface area contributed by atoms with E-state index >= 15 is 0 Å². The number of urea groups is 1. The van der Waals surface area contributed by atoms with Crippen molar-refractivity contribution in [2.24, 2.45) is 4.99 Å². The Kier molecular flexibility index (Phi) is 4.54. The molecule has 2 aromatic carbocycles. The second-order valence-corrected chi connectivity index (χ2v) is 8.36. The Hall–Kier alpha value is -3.20. The smallest absolute Gasteiger partial charge is 0.325 e. The van der Waals surface area contributed by atoms with E-state index < -0.39 is 18.2 Å². The van der Waals surface area contributed by atoms with Crippen molar-refractivity contribution in [2.75, 3.05) is 7.05 Å². The monoisotopic (exact) mass is 466 g/mol. The maximum Gasteiger partial charge on any atom is 0.325 e. The summed E-state index contributed by atoms with van der Waals surface area (Å²) in [5.74, 6) is 1.16. The zero-order valence-corrected chi connectivity index (χ0v) is 17.8. The molecule has 0 aliphatic carbocycles. The molecule has 1 fully saturated rings. The molecule has 30 heavy (non-hydrogen) atoms. The predicted molar refractivity (Wildman–Crippen MR) is 116 cm³/mol. The third kappa shape index (κ3) is 3.24. The molecular weight excluding hydrogens is 448 g/mol. The molecule has 3 aromatic rings. The average molecular weight is 467 g/mol. The van der Waals surface area contributed by atoms with Gasteiger partial charge in [0, 0.05) is 18.1 Å². The Balaban J connectivity index is 1.50. The van der Waals surface area contributed by atoms with E-state index in [2.05, 4.69) is 31.2 Å². The minimum Gasteiger partial charge on any atom is -0.342 e. The number of H-pyrrole nitrogens is 1. The Bertz CT molecular complexity index is 1170. The fraction of sp³-hybridized carbons (Fsp3) is 0.238. The Morgan fingerprint density at radius 2 is 1.93 bits per heavy atom. The van der Waals surface area contributed by atoms with Gasteiger partial charge < -0.3 is 14.8 Å². The summed E-state index contributed by atoms with van der Waals surface area (Å²) in [4.78, 5) is 41.0. The van der Waals surface area contributed by atoms with Gasteiger partial charge in [-0.25, -0.2) is 14.8 Å². The van der Waals surface area contributed by atoms with Crippen LogP contribution < -0.4 is 5.32 Å². The van der Waals surface area contributed by atoms with Gasteiger partial charge in [0.1, 0.15) is 11.7 Å². The number of aromatic amines is 1. The quantitative estimate of drug-likeness (QED) is 0.617. The first-order chi connectivity index (χ1) is 14.5. The van der Waals surface area contributed by atoms with E-state index in [0.29, 0.717) is 13.0 Å². The Morgan fingerprint density at radius 1 is 1.13 bits per heavy atom. The number of benzene rings is 2. The molecule has 0 spiro atoms. The van der Waals surface area contributed by atoms with Crippen LogP contribution in [0, 0.1) is 0 Å². The molecule has 1 saturated heterocycles. The molecule has 8 nitrogen and oxygen atoms in total. The fourth-order valence-corrected chi connectivity index (χ4v) is 4.33. The number of nitrogens with one attached hydrogen (secondary N) is 2. The fourth-order valence-electron chi connectivity index (χ4n) is 3.97. The van der Waals surface area contributed by atoms with Gasteiger partial charge >= 0.3 is 6.03 Å². The van der Waals surface area contributed by atoms with Crippen LogP contribution >= 0.6 is 15.9 Å². The highest BCUT2D eigenvalue weighted by Crippen LogP contribution is 2.27. The molecule has 2 atom stereocenters. The first-order valence-corrected chi connectivity index (χ1v) is 10.4. The van der Waals surface area contributed by atoms with Gasteiger partial charge in [-0.05, 0) is 23.8 Å². The van der Waals surface area contributed by atoms with Crippen LogP contribution in [0.1, 0.15) is 11.4 Å². The summed E-state index contributed by atoms with van der Waals surface area (Å²) in [6.07, 6.45) is -0.120. The highest BCUT2D eigenvalue weighted by atomic mass is 79.9. The number of rotatable bonds is 4. The first kappa shape index (κ1) is 18.8. The van der Waals surface area contributed by atoms with Gasteiger partial charge in [-0.2, -0.15) is 0 Å². The van der Waals surface area contributed by atoms with Gasteiger partial charge in [0.05, 0.1) is 17.5 Å². The van der Waals surface area contributed by atoms with Crippen molar-refractivity contribution < 1.29 is 9.59 Å². The van der Waals surface area contributed by atoms with Gasteiger partial charge in [0.25, 0.3) is 5.91 Å². The standard InChI is InChI=1S/C21H19BrN6O2/c1-27-19-18(20(29)26-21(27)30)28(11-12-5-3-2-4-6-12)17(25-19)10-16-23-14-8-7-13(22)9-15(14)24-16/h2-9,18-19H,10-11H2,1H3,(H,23,24)(H,26,29,30). The number of nitrogens with zero attached hydrogens (tertiary/aromatic N) is 4. The third-order valence-corrected chi connectivity index (χ3v) is 5.95. The van der Waals surface area contributed by atoms with E-state index in [0.717, 1.165) is 32.7 Å². The number of aromatic nitrogens is 2. The number of amides is 3. The number of carbonyl (C=O) groups excluding carboxylic acids is 2. The van der Waals surface area contributed by atoms with Crippen molar-refractivity contribution in [3.05, 3.63) is 64.4 Å². The van der Waals surface area contributed by atoms with Crippen molar-refractivity contribution in [2.45, 2.75) is 25.2 Å². The number of imidazole rings is 1. The highest BCUT2D eigenvalue weighted by molar-refractivity contribution is 9.10. The Labute approximate surface area is 181 Å². The average Bonchev–Trinajstić information content (AvgIpc) is 3.28. The predicted octanol–water partition coefficient (Wildman–Crippen LogP) is 2.66. The third-order valence-electron chi connectivity index (χ3n) is 5.46. The van der Waals surface area contributed by atoms with Gasteiger partial charge in [-0.15, -0.1) is 0 Å². The summed E-state index contributed by atoms with van der Waals surface area (Å²) < 4.78 is 0.969. The van der Waals surface area contributed by atoms with Gasteiger partial charge in [0.2, 0.25) is 0 Å². The van der Waals surface area contributed by atoms with Crippen LogP contribution in [-0.4, -0.2) is 56.8 Å². The molecule has 2 N–H and O–H groups in total. The largest absolute Gasteiger partial charge is 0.342 e. The summed E-state index contributed by atoms with van der Waals surface area (Å²) in [6, 6.07) is 14.8. The number of hydrogen-bond donors (Lipinski definition) is 2. The summed E-state index contributed by atoms with van der Waals surface area (Å²) in [7, 11) is 1.66. The number of aliphatic imine (C=N–C) groups is 1. The molecule has 0 bridgehead atoms. The molecule has 5 rings (SSSR count). The lowest BCUT2D eigenvalue weighted by molar-refractivity contribution is -0.127. The number of likely N-dealkylation sites (N-methyl/N-ethyl adjacent to an activating group) is 1. The highest BCUT2D eigenvalue weighted by Gasteiger charge is 2.48. The number of imide groups is 1. The molecule has 0 radical (unpaired) electrons. The molecule has 152 valence electrons. The zero-order chi connectivity index (χ0) is 20.8. The number of amidine groups is 1. The minimum absolute atomic E-state index is 0.327. The summed E-state index contributed by atoms with van der Waals surface area (Å²) in [5, 5.41) is 2.43.